The van der Waals surface area contributed by atoms with Crippen LogP contribution in [-0.2, 0) is 4.79 Å². The van der Waals surface area contributed by atoms with Crippen LogP contribution in [0.25, 0.3) is 0 Å². The van der Waals surface area contributed by atoms with Crippen LogP contribution in [0.2, 0.25) is 0 Å². The minimum absolute atomic E-state index is 0.188. The quantitative estimate of drug-likeness (QED) is 0.419. The lowest BCUT2D eigenvalue weighted by atomic mass is 10.2. The number of carbonyl (C=O) groups excluding carboxylic acids is 3. The van der Waals surface area contributed by atoms with Gasteiger partial charge in [-0.05, 0) is 48.5 Å². The van der Waals surface area contributed by atoms with Crippen molar-refractivity contribution in [2.24, 2.45) is 0 Å². The van der Waals surface area contributed by atoms with Crippen molar-refractivity contribution in [2.75, 3.05) is 32.1 Å². The Balaban J connectivity index is 1.40. The lowest BCUT2D eigenvalue weighted by molar-refractivity contribution is -0.118. The number of amides is 3. The maximum atomic E-state index is 12.2. The predicted molar refractivity (Wildman–Crippen MR) is 117 cm³/mol. The Morgan fingerprint density at radius 1 is 0.844 bits per heavy atom. The van der Waals surface area contributed by atoms with E-state index >= 15 is 0 Å². The second kappa shape index (κ2) is 11.2. The molecule has 0 radical (unpaired) electrons. The second-order valence-electron chi connectivity index (χ2n) is 6.55. The number of anilines is 1. The molecule has 3 N–H and O–H groups in total. The molecule has 3 amide bonds. The maximum Gasteiger partial charge on any atom is 0.287 e. The molecular formula is C23H23N3O6. The summed E-state index contributed by atoms with van der Waals surface area (Å²) in [4.78, 5) is 36.1. The highest BCUT2D eigenvalue weighted by molar-refractivity contribution is 5.96. The molecule has 0 spiro atoms. The molecule has 2 aromatic carbocycles. The minimum Gasteiger partial charge on any atom is -0.493 e. The van der Waals surface area contributed by atoms with Crippen molar-refractivity contribution in [2.45, 2.75) is 0 Å². The van der Waals surface area contributed by atoms with Gasteiger partial charge < -0.3 is 29.8 Å². The molecule has 0 aliphatic heterocycles. The number of para-hydroxylation sites is 2. The molecule has 9 heteroatoms. The van der Waals surface area contributed by atoms with Crippen molar-refractivity contribution in [1.82, 2.24) is 10.6 Å². The highest BCUT2D eigenvalue weighted by Gasteiger charge is 2.10. The third-order valence-corrected chi connectivity index (χ3v) is 4.30. The van der Waals surface area contributed by atoms with Gasteiger partial charge in [0.25, 0.3) is 17.7 Å². The van der Waals surface area contributed by atoms with Crippen LogP contribution in [-0.4, -0.2) is 44.5 Å². The van der Waals surface area contributed by atoms with Gasteiger partial charge in [-0.15, -0.1) is 0 Å². The molecule has 0 atom stereocenters. The topological polar surface area (TPSA) is 119 Å². The van der Waals surface area contributed by atoms with Gasteiger partial charge in [0.05, 0.1) is 13.4 Å². The first-order valence-electron chi connectivity index (χ1n) is 9.82. The molecule has 1 aromatic heterocycles. The Labute approximate surface area is 184 Å². The first-order valence-corrected chi connectivity index (χ1v) is 9.82. The summed E-state index contributed by atoms with van der Waals surface area (Å²) in [5.74, 6) is 0.227. The zero-order valence-corrected chi connectivity index (χ0v) is 17.4. The number of rotatable bonds is 10. The molecular weight excluding hydrogens is 414 g/mol. The minimum atomic E-state index is -0.348. The maximum absolute atomic E-state index is 12.2. The molecule has 0 aliphatic carbocycles. The van der Waals surface area contributed by atoms with Gasteiger partial charge >= 0.3 is 0 Å². The van der Waals surface area contributed by atoms with Crippen LogP contribution < -0.4 is 25.4 Å². The molecule has 3 aromatic rings. The van der Waals surface area contributed by atoms with E-state index in [9.17, 15) is 14.4 Å². The lowest BCUT2D eigenvalue weighted by Crippen LogP contribution is -2.34. The summed E-state index contributed by atoms with van der Waals surface area (Å²) in [7, 11) is 1.52. The van der Waals surface area contributed by atoms with E-state index in [1.807, 2.05) is 0 Å². The first kappa shape index (κ1) is 22.4. The molecule has 32 heavy (non-hydrogen) atoms. The number of hydrogen-bond donors (Lipinski definition) is 3. The molecule has 0 saturated heterocycles. The van der Waals surface area contributed by atoms with Gasteiger partial charge in [0.2, 0.25) is 0 Å². The van der Waals surface area contributed by atoms with Gasteiger partial charge in [-0.25, -0.2) is 0 Å². The summed E-state index contributed by atoms with van der Waals surface area (Å²) in [5.41, 5.74) is 0.950. The number of methoxy groups -OCH3 is 1. The van der Waals surface area contributed by atoms with Crippen molar-refractivity contribution in [3.05, 3.63) is 78.3 Å². The average Bonchev–Trinajstić information content (AvgIpc) is 3.36. The van der Waals surface area contributed by atoms with E-state index in [0.29, 0.717) is 22.7 Å². The van der Waals surface area contributed by atoms with Gasteiger partial charge in [-0.2, -0.15) is 0 Å². The van der Waals surface area contributed by atoms with Crippen LogP contribution in [0.3, 0.4) is 0 Å². The van der Waals surface area contributed by atoms with Gasteiger partial charge in [0.15, 0.2) is 23.9 Å². The van der Waals surface area contributed by atoms with Crippen molar-refractivity contribution in [1.29, 1.82) is 0 Å². The molecule has 3 rings (SSSR count). The second-order valence-corrected chi connectivity index (χ2v) is 6.55. The Morgan fingerprint density at radius 2 is 1.53 bits per heavy atom. The summed E-state index contributed by atoms with van der Waals surface area (Å²) in [5, 5.41) is 8.05. The third kappa shape index (κ3) is 6.36. The Kier molecular flexibility index (Phi) is 7.85. The highest BCUT2D eigenvalue weighted by Crippen LogP contribution is 2.25. The van der Waals surface area contributed by atoms with Crippen molar-refractivity contribution < 1.29 is 28.3 Å². The van der Waals surface area contributed by atoms with Gasteiger partial charge in [-0.3, -0.25) is 14.4 Å². The van der Waals surface area contributed by atoms with Gasteiger partial charge in [-0.1, -0.05) is 12.1 Å². The Hall–Kier alpha value is -4.27. The van der Waals surface area contributed by atoms with Crippen LogP contribution >= 0.6 is 0 Å². The predicted octanol–water partition coefficient (Wildman–Crippen LogP) is 2.47. The molecule has 166 valence electrons. The molecule has 1 heterocycles. The van der Waals surface area contributed by atoms with Gasteiger partial charge in [0, 0.05) is 24.3 Å². The summed E-state index contributed by atoms with van der Waals surface area (Å²) < 4.78 is 15.6. The number of furan rings is 1. The summed E-state index contributed by atoms with van der Waals surface area (Å²) >= 11 is 0. The van der Waals surface area contributed by atoms with Gasteiger partial charge in [0.1, 0.15) is 0 Å². The Bertz CT molecular complexity index is 1050. The van der Waals surface area contributed by atoms with E-state index in [2.05, 4.69) is 16.0 Å². The van der Waals surface area contributed by atoms with Crippen molar-refractivity contribution >= 4 is 23.4 Å². The largest absolute Gasteiger partial charge is 0.493 e. The summed E-state index contributed by atoms with van der Waals surface area (Å²) in [6.45, 7) is 0.321. The fourth-order valence-electron chi connectivity index (χ4n) is 2.73. The normalized spacial score (nSPS) is 10.2. The van der Waals surface area contributed by atoms with Crippen molar-refractivity contribution in [3.63, 3.8) is 0 Å². The number of hydrogen-bond acceptors (Lipinski definition) is 6. The number of ether oxygens (including phenoxy) is 2. The number of benzene rings is 2. The summed E-state index contributed by atoms with van der Waals surface area (Å²) in [6, 6.07) is 16.6. The zero-order chi connectivity index (χ0) is 22.8. The van der Waals surface area contributed by atoms with Crippen LogP contribution in [0, 0.1) is 0 Å². The standard InChI is InChI=1S/C23H23N3O6/c1-30-18-5-2-3-6-19(18)32-15-21(27)26-17-10-8-16(9-11-17)22(28)24-12-13-25-23(29)20-7-4-14-31-20/h2-11,14H,12-13,15H2,1H3,(H,24,28)(H,25,29)(H,26,27). The van der Waals surface area contributed by atoms with Crippen LogP contribution in [0.5, 0.6) is 11.5 Å². The molecule has 0 unspecified atom stereocenters. The number of nitrogens with one attached hydrogen (secondary N) is 3. The van der Waals surface area contributed by atoms with Crippen LogP contribution in [0.4, 0.5) is 5.69 Å². The average molecular weight is 437 g/mol. The summed E-state index contributed by atoms with van der Waals surface area (Å²) in [6.07, 6.45) is 1.41. The van der Waals surface area contributed by atoms with Crippen LogP contribution in [0.1, 0.15) is 20.9 Å². The fraction of sp³-hybridized carbons (Fsp3) is 0.174. The SMILES string of the molecule is COc1ccccc1OCC(=O)Nc1ccc(C(=O)NCCNC(=O)c2ccco2)cc1. The monoisotopic (exact) mass is 437 g/mol. The zero-order valence-electron chi connectivity index (χ0n) is 17.4. The highest BCUT2D eigenvalue weighted by atomic mass is 16.5. The van der Waals surface area contributed by atoms with E-state index in [1.54, 1.807) is 60.7 Å². The van der Waals surface area contributed by atoms with E-state index in [0.717, 1.165) is 0 Å². The lowest BCUT2D eigenvalue weighted by Gasteiger charge is -2.11. The van der Waals surface area contributed by atoms with E-state index in [1.165, 1.54) is 13.4 Å². The van der Waals surface area contributed by atoms with Crippen LogP contribution in [0.15, 0.2) is 71.3 Å². The molecule has 0 fully saturated rings. The molecule has 0 saturated carbocycles. The third-order valence-electron chi connectivity index (χ3n) is 4.30. The van der Waals surface area contributed by atoms with E-state index < -0.39 is 0 Å². The molecule has 0 aliphatic rings. The molecule has 0 bridgehead atoms. The van der Waals surface area contributed by atoms with E-state index in [4.69, 9.17) is 13.9 Å². The smallest absolute Gasteiger partial charge is 0.287 e. The number of carbonyl (C=O) groups is 3. The molecule has 9 nitrogen and oxygen atoms in total. The Morgan fingerprint density at radius 3 is 2.19 bits per heavy atom. The fourth-order valence-corrected chi connectivity index (χ4v) is 2.73. The first-order chi connectivity index (χ1) is 15.6. The van der Waals surface area contributed by atoms with E-state index in [-0.39, 0.29) is 43.2 Å². The van der Waals surface area contributed by atoms with Crippen molar-refractivity contribution in [3.8, 4) is 11.5 Å².